The number of rotatable bonds is 7. The van der Waals surface area contributed by atoms with Gasteiger partial charge in [-0.1, -0.05) is 0 Å². The molecule has 0 saturated carbocycles. The molecule has 0 aliphatic carbocycles. The second-order valence-electron chi connectivity index (χ2n) is 4.31. The van der Waals surface area contributed by atoms with E-state index in [0.717, 1.165) is 0 Å². The van der Waals surface area contributed by atoms with Crippen LogP contribution in [0.1, 0.15) is 12.0 Å². The van der Waals surface area contributed by atoms with Crippen LogP contribution in [0.15, 0.2) is 23.1 Å². The molecule has 0 radical (unpaired) electrons. The minimum absolute atomic E-state index is 0.128. The topological polar surface area (TPSA) is 136 Å². The Labute approximate surface area is 122 Å². The summed E-state index contributed by atoms with van der Waals surface area (Å²) in [5.74, 6) is -1.90. The van der Waals surface area contributed by atoms with Crippen molar-refractivity contribution in [1.29, 1.82) is 0 Å². The first-order valence-corrected chi connectivity index (χ1v) is 7.33. The van der Waals surface area contributed by atoms with Gasteiger partial charge in [0, 0.05) is 0 Å². The van der Waals surface area contributed by atoms with E-state index in [-0.39, 0.29) is 4.90 Å². The van der Waals surface area contributed by atoms with Gasteiger partial charge in [-0.2, -0.15) is 4.72 Å². The number of aliphatic carboxylic acids is 1. The van der Waals surface area contributed by atoms with Gasteiger partial charge in [-0.3, -0.25) is 9.59 Å². The lowest BCUT2D eigenvalue weighted by atomic mass is 10.2. The predicted octanol–water partition coefficient (Wildman–Crippen LogP) is -0.389. The summed E-state index contributed by atoms with van der Waals surface area (Å²) in [7, 11) is -2.65. The molecule has 116 valence electrons. The number of methoxy groups -OCH3 is 1. The zero-order chi connectivity index (χ0) is 16.2. The fourth-order valence-electron chi connectivity index (χ4n) is 1.65. The van der Waals surface area contributed by atoms with E-state index in [0.29, 0.717) is 11.3 Å². The van der Waals surface area contributed by atoms with Crippen LogP contribution < -0.4 is 15.2 Å². The zero-order valence-corrected chi connectivity index (χ0v) is 12.3. The third-order valence-electron chi connectivity index (χ3n) is 2.68. The number of carboxylic acids is 1. The summed E-state index contributed by atoms with van der Waals surface area (Å²) in [5.41, 5.74) is 5.47. The first-order valence-electron chi connectivity index (χ1n) is 5.85. The number of benzene rings is 1. The molecule has 1 rings (SSSR count). The molecule has 0 spiro atoms. The number of sulfonamides is 1. The lowest BCUT2D eigenvalue weighted by Gasteiger charge is -2.14. The molecule has 21 heavy (non-hydrogen) atoms. The predicted molar refractivity (Wildman–Crippen MR) is 73.3 cm³/mol. The Morgan fingerprint density at radius 3 is 2.48 bits per heavy atom. The average Bonchev–Trinajstić information content (AvgIpc) is 2.36. The minimum atomic E-state index is -4.09. The summed E-state index contributed by atoms with van der Waals surface area (Å²) < 4.78 is 31.2. The molecule has 0 unspecified atom stereocenters. The Bertz CT molecular complexity index is 656. The van der Waals surface area contributed by atoms with Gasteiger partial charge in [-0.25, -0.2) is 8.42 Å². The number of carbonyl (C=O) groups excluding carboxylic acids is 1. The van der Waals surface area contributed by atoms with Gasteiger partial charge in [0.2, 0.25) is 15.9 Å². The van der Waals surface area contributed by atoms with Crippen LogP contribution in [0, 0.1) is 6.92 Å². The Balaban J connectivity index is 3.07. The van der Waals surface area contributed by atoms with Crippen LogP contribution in [0.5, 0.6) is 5.75 Å². The monoisotopic (exact) mass is 316 g/mol. The molecule has 0 aliphatic rings. The molecule has 1 atom stereocenters. The maximum absolute atomic E-state index is 12.1. The third kappa shape index (κ3) is 4.43. The van der Waals surface area contributed by atoms with Crippen LogP contribution >= 0.6 is 0 Å². The molecule has 0 fully saturated rings. The van der Waals surface area contributed by atoms with Gasteiger partial charge in [0.05, 0.1) is 18.4 Å². The van der Waals surface area contributed by atoms with Crippen molar-refractivity contribution in [3.05, 3.63) is 23.8 Å². The van der Waals surface area contributed by atoms with Gasteiger partial charge in [0.15, 0.2) is 0 Å². The van der Waals surface area contributed by atoms with E-state index in [1.54, 1.807) is 6.92 Å². The van der Waals surface area contributed by atoms with Crippen LogP contribution in [0.3, 0.4) is 0 Å². The maximum atomic E-state index is 12.1. The van der Waals surface area contributed by atoms with Crippen molar-refractivity contribution in [3.8, 4) is 5.75 Å². The molecular formula is C12H16N2O6S. The van der Waals surface area contributed by atoms with E-state index >= 15 is 0 Å². The van der Waals surface area contributed by atoms with Gasteiger partial charge < -0.3 is 15.6 Å². The Morgan fingerprint density at radius 2 is 2.05 bits per heavy atom. The SMILES string of the molecule is COc1ccc(S(=O)(=O)N[C@@H](CC(N)=O)C(=O)O)cc1C. The van der Waals surface area contributed by atoms with Gasteiger partial charge >= 0.3 is 5.97 Å². The number of carboxylic acid groups (broad SMARTS) is 1. The maximum Gasteiger partial charge on any atom is 0.322 e. The zero-order valence-electron chi connectivity index (χ0n) is 11.5. The number of nitrogens with two attached hydrogens (primary N) is 1. The van der Waals surface area contributed by atoms with Crippen molar-refractivity contribution < 1.29 is 27.9 Å². The Kier molecular flexibility index (Phi) is 5.28. The summed E-state index contributed by atoms with van der Waals surface area (Å²) in [6.45, 7) is 1.65. The molecule has 0 bridgehead atoms. The number of carbonyl (C=O) groups is 2. The fourth-order valence-corrected chi connectivity index (χ4v) is 2.93. The van der Waals surface area contributed by atoms with Crippen molar-refractivity contribution >= 4 is 21.9 Å². The molecule has 8 nitrogen and oxygen atoms in total. The molecule has 0 heterocycles. The summed E-state index contributed by atoms with van der Waals surface area (Å²) in [5, 5.41) is 8.91. The van der Waals surface area contributed by atoms with E-state index in [2.05, 4.69) is 0 Å². The van der Waals surface area contributed by atoms with E-state index in [4.69, 9.17) is 15.6 Å². The van der Waals surface area contributed by atoms with E-state index in [1.165, 1.54) is 25.3 Å². The normalized spacial score (nSPS) is 12.7. The van der Waals surface area contributed by atoms with Crippen molar-refractivity contribution in [2.45, 2.75) is 24.3 Å². The van der Waals surface area contributed by atoms with Crippen LogP contribution in [-0.4, -0.2) is 38.6 Å². The smallest absolute Gasteiger partial charge is 0.322 e. The van der Waals surface area contributed by atoms with E-state index in [1.807, 2.05) is 4.72 Å². The standard InChI is InChI=1S/C12H16N2O6S/c1-7-5-8(3-4-10(7)20-2)21(18,19)14-9(12(16)17)6-11(13)15/h3-5,9,14H,6H2,1-2H3,(H2,13,15)(H,16,17)/t9-/m0/s1. The van der Waals surface area contributed by atoms with E-state index < -0.39 is 34.4 Å². The summed E-state index contributed by atoms with van der Waals surface area (Å²) in [6.07, 6.45) is -0.635. The van der Waals surface area contributed by atoms with Crippen LogP contribution in [0.2, 0.25) is 0 Å². The quantitative estimate of drug-likeness (QED) is 0.627. The molecule has 1 amide bonds. The van der Waals surface area contributed by atoms with Gasteiger partial charge in [-0.05, 0) is 30.7 Å². The highest BCUT2D eigenvalue weighted by atomic mass is 32.2. The Hall–Kier alpha value is -2.13. The molecular weight excluding hydrogens is 300 g/mol. The number of hydrogen-bond donors (Lipinski definition) is 3. The number of nitrogens with one attached hydrogen (secondary N) is 1. The number of primary amides is 1. The third-order valence-corrected chi connectivity index (χ3v) is 4.15. The number of hydrogen-bond acceptors (Lipinski definition) is 5. The molecule has 1 aromatic rings. The van der Waals surface area contributed by atoms with Crippen molar-refractivity contribution in [1.82, 2.24) is 4.72 Å². The molecule has 1 aromatic carbocycles. The highest BCUT2D eigenvalue weighted by Gasteiger charge is 2.27. The lowest BCUT2D eigenvalue weighted by Crippen LogP contribution is -2.43. The van der Waals surface area contributed by atoms with Gasteiger partial charge in [0.25, 0.3) is 0 Å². The number of aryl methyl sites for hydroxylation is 1. The minimum Gasteiger partial charge on any atom is -0.496 e. The van der Waals surface area contributed by atoms with Crippen LogP contribution in [0.25, 0.3) is 0 Å². The van der Waals surface area contributed by atoms with E-state index in [9.17, 15) is 18.0 Å². The molecule has 0 aliphatic heterocycles. The highest BCUT2D eigenvalue weighted by Crippen LogP contribution is 2.21. The lowest BCUT2D eigenvalue weighted by molar-refractivity contribution is -0.140. The van der Waals surface area contributed by atoms with Gasteiger partial charge in [0.1, 0.15) is 11.8 Å². The molecule has 0 saturated heterocycles. The fraction of sp³-hybridized carbons (Fsp3) is 0.333. The summed E-state index contributed by atoms with van der Waals surface area (Å²) in [4.78, 5) is 21.6. The summed E-state index contributed by atoms with van der Waals surface area (Å²) in [6, 6.07) is 2.45. The highest BCUT2D eigenvalue weighted by molar-refractivity contribution is 7.89. The molecule has 0 aromatic heterocycles. The van der Waals surface area contributed by atoms with Crippen LogP contribution in [-0.2, 0) is 19.6 Å². The first kappa shape index (κ1) is 16.9. The number of amides is 1. The molecule has 9 heteroatoms. The van der Waals surface area contributed by atoms with Crippen molar-refractivity contribution in [3.63, 3.8) is 0 Å². The van der Waals surface area contributed by atoms with Crippen molar-refractivity contribution in [2.24, 2.45) is 5.73 Å². The summed E-state index contributed by atoms with van der Waals surface area (Å²) >= 11 is 0. The Morgan fingerprint density at radius 1 is 1.43 bits per heavy atom. The molecule has 4 N–H and O–H groups in total. The first-order chi connectivity index (χ1) is 9.67. The largest absolute Gasteiger partial charge is 0.496 e. The number of ether oxygens (including phenoxy) is 1. The second-order valence-corrected chi connectivity index (χ2v) is 6.03. The van der Waals surface area contributed by atoms with Crippen LogP contribution in [0.4, 0.5) is 0 Å². The van der Waals surface area contributed by atoms with Gasteiger partial charge in [-0.15, -0.1) is 0 Å². The van der Waals surface area contributed by atoms with Crippen molar-refractivity contribution in [2.75, 3.05) is 7.11 Å². The average molecular weight is 316 g/mol. The second kappa shape index (κ2) is 6.55.